The number of ether oxygens (including phenoxy) is 1. The zero-order valence-electron chi connectivity index (χ0n) is 15.8. The Morgan fingerprint density at radius 2 is 1.81 bits per heavy atom. The molecule has 1 aromatic carbocycles. The Morgan fingerprint density at radius 1 is 1.12 bits per heavy atom. The predicted molar refractivity (Wildman–Crippen MR) is 101 cm³/mol. The number of hydrogen-bond donors (Lipinski definition) is 0. The molecule has 0 spiro atoms. The van der Waals surface area contributed by atoms with Crippen molar-refractivity contribution in [3.63, 3.8) is 0 Å². The van der Waals surface area contributed by atoms with Crippen molar-refractivity contribution in [3.05, 3.63) is 34.6 Å². The van der Waals surface area contributed by atoms with Crippen LogP contribution < -0.4 is 0 Å². The average molecular weight is 387 g/mol. The molecule has 5 nitrogen and oxygen atoms in total. The fourth-order valence-electron chi connectivity index (χ4n) is 2.66. The molecule has 0 radical (unpaired) electrons. The van der Waals surface area contributed by atoms with Crippen molar-refractivity contribution < 1.29 is 18.7 Å². The smallest absolute Gasteiger partial charge is 0.307 e. The molecule has 7 heteroatoms. The lowest BCUT2D eigenvalue weighted by Crippen LogP contribution is -2.36. The number of amides is 1. The van der Waals surface area contributed by atoms with E-state index >= 15 is 0 Å². The van der Waals surface area contributed by atoms with Gasteiger partial charge >= 0.3 is 5.97 Å². The first-order valence-corrected chi connectivity index (χ1v) is 9.43. The highest BCUT2D eigenvalue weighted by Gasteiger charge is 2.23. The molecule has 0 aliphatic carbocycles. The van der Waals surface area contributed by atoms with Gasteiger partial charge in [-0.3, -0.25) is 9.59 Å². The molecule has 0 aliphatic heterocycles. The van der Waals surface area contributed by atoms with Crippen LogP contribution in [0.4, 0.5) is 4.39 Å². The van der Waals surface area contributed by atoms with E-state index in [9.17, 15) is 14.0 Å². The summed E-state index contributed by atoms with van der Waals surface area (Å²) in [6, 6.07) is 4.15. The van der Waals surface area contributed by atoms with Gasteiger partial charge < -0.3 is 14.5 Å². The Hall–Kier alpha value is -1.66. The molecule has 0 saturated heterocycles. The van der Waals surface area contributed by atoms with E-state index in [2.05, 4.69) is 18.7 Å². The summed E-state index contributed by atoms with van der Waals surface area (Å²) in [6.07, 6.45) is 0.791. The fourth-order valence-corrected chi connectivity index (χ4v) is 2.90. The Morgan fingerprint density at radius 3 is 2.38 bits per heavy atom. The molecule has 0 heterocycles. The van der Waals surface area contributed by atoms with Crippen LogP contribution in [0.2, 0.25) is 5.02 Å². The van der Waals surface area contributed by atoms with Crippen molar-refractivity contribution in [2.45, 2.75) is 33.6 Å². The van der Waals surface area contributed by atoms with Gasteiger partial charge in [-0.15, -0.1) is 0 Å². The van der Waals surface area contributed by atoms with Crippen LogP contribution in [-0.2, 0) is 9.53 Å². The average Bonchev–Trinajstić information content (AvgIpc) is 2.61. The van der Waals surface area contributed by atoms with Crippen LogP contribution in [0.5, 0.6) is 0 Å². The second-order valence-corrected chi connectivity index (χ2v) is 6.23. The molecule has 0 aromatic heterocycles. The van der Waals surface area contributed by atoms with Crippen molar-refractivity contribution in [1.82, 2.24) is 9.80 Å². The minimum atomic E-state index is -0.660. The maximum atomic E-state index is 14.1. The highest BCUT2D eigenvalue weighted by atomic mass is 35.5. The molecule has 1 amide bonds. The summed E-state index contributed by atoms with van der Waals surface area (Å²) in [4.78, 5) is 28.2. The Kier molecular flexibility index (Phi) is 10.2. The van der Waals surface area contributed by atoms with Crippen molar-refractivity contribution >= 4 is 23.5 Å². The first-order chi connectivity index (χ1) is 12.4. The topological polar surface area (TPSA) is 49.9 Å². The Labute approximate surface area is 160 Å². The second kappa shape index (κ2) is 11.9. The molecule has 0 unspecified atom stereocenters. The van der Waals surface area contributed by atoms with Gasteiger partial charge in [0.25, 0.3) is 5.91 Å². The lowest BCUT2D eigenvalue weighted by atomic mass is 10.1. The fraction of sp³-hybridized carbons (Fsp3) is 0.579. The summed E-state index contributed by atoms with van der Waals surface area (Å²) in [6.45, 7) is 9.41. The lowest BCUT2D eigenvalue weighted by molar-refractivity contribution is -0.143. The van der Waals surface area contributed by atoms with E-state index in [1.807, 2.05) is 0 Å². The molecule has 0 fully saturated rings. The van der Waals surface area contributed by atoms with Gasteiger partial charge in [-0.05, 0) is 45.1 Å². The third kappa shape index (κ3) is 6.92. The van der Waals surface area contributed by atoms with Crippen LogP contribution in [0.3, 0.4) is 0 Å². The molecular weight excluding hydrogens is 359 g/mol. The van der Waals surface area contributed by atoms with Crippen LogP contribution in [0.25, 0.3) is 0 Å². The lowest BCUT2D eigenvalue weighted by Gasteiger charge is -2.25. The summed E-state index contributed by atoms with van der Waals surface area (Å²) >= 11 is 6.02. The SMILES string of the molecule is CCOC(=O)CCN(CCCN(CC)CC)C(=O)c1c(F)cccc1Cl. The van der Waals surface area contributed by atoms with Gasteiger partial charge in [0, 0.05) is 13.1 Å². The van der Waals surface area contributed by atoms with Crippen molar-refractivity contribution in [2.75, 3.05) is 39.3 Å². The number of rotatable bonds is 11. The molecule has 0 saturated carbocycles. The molecule has 146 valence electrons. The maximum absolute atomic E-state index is 14.1. The first-order valence-electron chi connectivity index (χ1n) is 9.05. The van der Waals surface area contributed by atoms with E-state index in [1.54, 1.807) is 6.92 Å². The van der Waals surface area contributed by atoms with Crippen molar-refractivity contribution in [2.24, 2.45) is 0 Å². The van der Waals surface area contributed by atoms with Crippen molar-refractivity contribution in [1.29, 1.82) is 0 Å². The summed E-state index contributed by atoms with van der Waals surface area (Å²) < 4.78 is 19.0. The van der Waals surface area contributed by atoms with E-state index in [0.717, 1.165) is 26.1 Å². The molecule has 1 aromatic rings. The molecule has 0 N–H and O–H groups in total. The minimum Gasteiger partial charge on any atom is -0.466 e. The molecule has 0 bridgehead atoms. The van der Waals surface area contributed by atoms with E-state index < -0.39 is 11.7 Å². The van der Waals surface area contributed by atoms with E-state index in [1.165, 1.54) is 23.1 Å². The highest BCUT2D eigenvalue weighted by Crippen LogP contribution is 2.21. The molecule has 26 heavy (non-hydrogen) atoms. The molecular formula is C19H28ClFN2O3. The Bertz CT molecular complexity index is 574. The number of halogens is 2. The van der Waals surface area contributed by atoms with Gasteiger partial charge in [-0.2, -0.15) is 0 Å². The third-order valence-corrected chi connectivity index (χ3v) is 4.47. The van der Waals surface area contributed by atoms with Gasteiger partial charge in [-0.25, -0.2) is 4.39 Å². The normalized spacial score (nSPS) is 10.8. The monoisotopic (exact) mass is 386 g/mol. The number of benzene rings is 1. The van der Waals surface area contributed by atoms with E-state index in [0.29, 0.717) is 6.54 Å². The van der Waals surface area contributed by atoms with Gasteiger partial charge in [0.1, 0.15) is 5.82 Å². The predicted octanol–water partition coefficient (Wildman–Crippen LogP) is 3.61. The summed E-state index contributed by atoms with van der Waals surface area (Å²) in [5.74, 6) is -1.54. The van der Waals surface area contributed by atoms with Crippen molar-refractivity contribution in [3.8, 4) is 0 Å². The standard InChI is InChI=1S/C19H28ClFN2O3/c1-4-22(5-2)12-8-13-23(14-11-17(24)26-6-3)19(25)18-15(20)9-7-10-16(18)21/h7,9-10H,4-6,8,11-14H2,1-3H3. The largest absolute Gasteiger partial charge is 0.466 e. The van der Waals surface area contributed by atoms with Gasteiger partial charge in [0.15, 0.2) is 0 Å². The quantitative estimate of drug-likeness (QED) is 0.545. The summed E-state index contributed by atoms with van der Waals surface area (Å²) in [5.41, 5.74) is -0.152. The summed E-state index contributed by atoms with van der Waals surface area (Å²) in [7, 11) is 0. The zero-order chi connectivity index (χ0) is 19.5. The number of hydrogen-bond acceptors (Lipinski definition) is 4. The minimum absolute atomic E-state index is 0.0664. The molecule has 0 atom stereocenters. The van der Waals surface area contributed by atoms with Gasteiger partial charge in [-0.1, -0.05) is 31.5 Å². The number of carbonyl (C=O) groups is 2. The summed E-state index contributed by atoms with van der Waals surface area (Å²) in [5, 5.41) is 0.0693. The number of nitrogens with zero attached hydrogens (tertiary/aromatic N) is 2. The maximum Gasteiger partial charge on any atom is 0.307 e. The second-order valence-electron chi connectivity index (χ2n) is 5.82. The Balaban J connectivity index is 2.84. The van der Waals surface area contributed by atoms with E-state index in [-0.39, 0.29) is 36.1 Å². The zero-order valence-corrected chi connectivity index (χ0v) is 16.5. The van der Waals surface area contributed by atoms with E-state index in [4.69, 9.17) is 16.3 Å². The molecule has 0 aliphatic rings. The van der Waals surface area contributed by atoms with Gasteiger partial charge in [0.05, 0.1) is 23.6 Å². The van der Waals surface area contributed by atoms with Crippen LogP contribution in [0, 0.1) is 5.82 Å². The van der Waals surface area contributed by atoms with Crippen LogP contribution in [0.1, 0.15) is 44.0 Å². The van der Waals surface area contributed by atoms with Crippen LogP contribution >= 0.6 is 11.6 Å². The highest BCUT2D eigenvalue weighted by molar-refractivity contribution is 6.33. The third-order valence-electron chi connectivity index (χ3n) is 4.15. The first kappa shape index (κ1) is 22.4. The number of esters is 1. The number of carbonyl (C=O) groups excluding carboxylic acids is 2. The molecule has 1 rings (SSSR count). The van der Waals surface area contributed by atoms with Crippen LogP contribution in [0.15, 0.2) is 18.2 Å². The van der Waals surface area contributed by atoms with Gasteiger partial charge in [0.2, 0.25) is 0 Å². The van der Waals surface area contributed by atoms with Crippen LogP contribution in [-0.4, -0.2) is 61.0 Å².